The molecule has 0 aromatic heterocycles. The summed E-state index contributed by atoms with van der Waals surface area (Å²) >= 11 is 0. The fourth-order valence-corrected chi connectivity index (χ4v) is 2.09. The van der Waals surface area contributed by atoms with Gasteiger partial charge in [0.2, 0.25) is 0 Å². The minimum absolute atomic E-state index is 0.0851. The maximum Gasteiger partial charge on any atom is 0.315 e. The summed E-state index contributed by atoms with van der Waals surface area (Å²) < 4.78 is 0. The Morgan fingerprint density at radius 2 is 1.64 bits per heavy atom. The van der Waals surface area contributed by atoms with Gasteiger partial charge < -0.3 is 10.6 Å². The fourth-order valence-electron chi connectivity index (χ4n) is 2.09. The van der Waals surface area contributed by atoms with E-state index in [-0.39, 0.29) is 18.0 Å². The highest BCUT2D eigenvalue weighted by Gasteiger charge is 2.06. The van der Waals surface area contributed by atoms with Crippen LogP contribution in [0.3, 0.4) is 0 Å². The van der Waals surface area contributed by atoms with Gasteiger partial charge in [-0.15, -0.1) is 0 Å². The van der Waals surface area contributed by atoms with E-state index in [1.807, 2.05) is 44.2 Å². The van der Waals surface area contributed by atoms with Crippen LogP contribution in [0.25, 0.3) is 0 Å². The van der Waals surface area contributed by atoms with Crippen molar-refractivity contribution in [3.63, 3.8) is 0 Å². The van der Waals surface area contributed by atoms with Crippen molar-refractivity contribution < 1.29 is 14.4 Å². The molecule has 0 bridgehead atoms. The minimum atomic E-state index is -0.312. The Labute approximate surface area is 147 Å². The zero-order valence-corrected chi connectivity index (χ0v) is 14.4. The topological polar surface area (TPSA) is 79.5 Å². The van der Waals surface area contributed by atoms with E-state index >= 15 is 0 Å². The van der Waals surface area contributed by atoms with Crippen LogP contribution >= 0.6 is 0 Å². The SMILES string of the molecule is CC(C)NC(=O)NCc1ccc(C(=O)NOCc2ccccc2)cc1. The molecule has 0 heterocycles. The average molecular weight is 341 g/mol. The van der Waals surface area contributed by atoms with Crippen molar-refractivity contribution >= 4 is 11.9 Å². The summed E-state index contributed by atoms with van der Waals surface area (Å²) in [5, 5.41) is 5.50. The molecule has 0 aliphatic rings. The van der Waals surface area contributed by atoms with Gasteiger partial charge in [-0.2, -0.15) is 0 Å². The molecule has 2 aromatic carbocycles. The number of urea groups is 1. The summed E-state index contributed by atoms with van der Waals surface area (Å²) in [5.74, 6) is -0.312. The van der Waals surface area contributed by atoms with Crippen LogP contribution in [0.2, 0.25) is 0 Å². The minimum Gasteiger partial charge on any atom is -0.336 e. The zero-order valence-electron chi connectivity index (χ0n) is 14.4. The molecule has 0 fully saturated rings. The molecule has 0 unspecified atom stereocenters. The molecule has 3 amide bonds. The Kier molecular flexibility index (Phi) is 6.98. The van der Waals surface area contributed by atoms with Crippen LogP contribution in [0.4, 0.5) is 4.79 Å². The van der Waals surface area contributed by atoms with Crippen LogP contribution in [0.1, 0.15) is 35.3 Å². The van der Waals surface area contributed by atoms with Crippen LogP contribution < -0.4 is 16.1 Å². The lowest BCUT2D eigenvalue weighted by Gasteiger charge is -2.10. The van der Waals surface area contributed by atoms with Crippen LogP contribution in [0.5, 0.6) is 0 Å². The number of carbonyl (C=O) groups is 2. The highest BCUT2D eigenvalue weighted by molar-refractivity contribution is 5.93. The maximum atomic E-state index is 12.0. The maximum absolute atomic E-state index is 12.0. The molecule has 0 atom stereocenters. The van der Waals surface area contributed by atoms with Crippen LogP contribution in [-0.2, 0) is 18.0 Å². The predicted octanol–water partition coefficient (Wildman–Crippen LogP) is 2.76. The van der Waals surface area contributed by atoms with Crippen LogP contribution in [-0.4, -0.2) is 18.0 Å². The van der Waals surface area contributed by atoms with Crippen molar-refractivity contribution in [3.8, 4) is 0 Å². The molecule has 2 aromatic rings. The molecular weight excluding hydrogens is 318 g/mol. The molecule has 0 saturated carbocycles. The third-order valence-corrected chi connectivity index (χ3v) is 3.34. The number of hydroxylamine groups is 1. The third kappa shape index (κ3) is 6.64. The smallest absolute Gasteiger partial charge is 0.315 e. The van der Waals surface area contributed by atoms with Crippen molar-refractivity contribution in [2.45, 2.75) is 33.0 Å². The van der Waals surface area contributed by atoms with Gasteiger partial charge in [-0.25, -0.2) is 10.3 Å². The fraction of sp³-hybridized carbons (Fsp3) is 0.263. The van der Waals surface area contributed by atoms with Gasteiger partial charge in [-0.3, -0.25) is 9.63 Å². The van der Waals surface area contributed by atoms with Gasteiger partial charge in [-0.1, -0.05) is 42.5 Å². The quantitative estimate of drug-likeness (QED) is 0.678. The summed E-state index contributed by atoms with van der Waals surface area (Å²) in [6, 6.07) is 16.4. The Bertz CT molecular complexity index is 685. The molecule has 25 heavy (non-hydrogen) atoms. The van der Waals surface area contributed by atoms with Crippen LogP contribution in [0, 0.1) is 0 Å². The van der Waals surface area contributed by atoms with E-state index in [9.17, 15) is 9.59 Å². The summed E-state index contributed by atoms with van der Waals surface area (Å²) in [5.41, 5.74) is 4.79. The molecule has 0 spiro atoms. The lowest BCUT2D eigenvalue weighted by Crippen LogP contribution is -2.39. The predicted molar refractivity (Wildman–Crippen MR) is 95.6 cm³/mol. The number of nitrogens with one attached hydrogen (secondary N) is 3. The Balaban J connectivity index is 1.76. The molecular formula is C19H23N3O3. The molecule has 3 N–H and O–H groups in total. The summed E-state index contributed by atoms with van der Waals surface area (Å²) in [4.78, 5) is 28.8. The largest absolute Gasteiger partial charge is 0.336 e. The van der Waals surface area contributed by atoms with E-state index in [2.05, 4.69) is 16.1 Å². The number of benzene rings is 2. The van der Waals surface area contributed by atoms with E-state index in [1.54, 1.807) is 24.3 Å². The van der Waals surface area contributed by atoms with Crippen molar-refractivity contribution in [3.05, 3.63) is 71.3 Å². The van der Waals surface area contributed by atoms with E-state index in [0.717, 1.165) is 11.1 Å². The summed E-state index contributed by atoms with van der Waals surface area (Å²) in [6.07, 6.45) is 0. The first-order valence-electron chi connectivity index (χ1n) is 8.14. The first-order chi connectivity index (χ1) is 12.0. The van der Waals surface area contributed by atoms with Gasteiger partial charge in [0.25, 0.3) is 5.91 Å². The Morgan fingerprint density at radius 1 is 0.960 bits per heavy atom. The first-order valence-corrected chi connectivity index (χ1v) is 8.14. The van der Waals surface area contributed by atoms with Gasteiger partial charge >= 0.3 is 6.03 Å². The average Bonchev–Trinajstić information content (AvgIpc) is 2.60. The Morgan fingerprint density at radius 3 is 2.28 bits per heavy atom. The number of hydrogen-bond acceptors (Lipinski definition) is 3. The third-order valence-electron chi connectivity index (χ3n) is 3.34. The van der Waals surface area contributed by atoms with Gasteiger partial charge in [0.15, 0.2) is 0 Å². The highest BCUT2D eigenvalue weighted by atomic mass is 16.6. The van der Waals surface area contributed by atoms with Gasteiger partial charge in [0.1, 0.15) is 0 Å². The monoisotopic (exact) mass is 341 g/mol. The normalized spacial score (nSPS) is 10.4. The summed E-state index contributed by atoms with van der Waals surface area (Å²) in [6.45, 7) is 4.49. The molecule has 0 radical (unpaired) electrons. The van der Waals surface area contributed by atoms with Gasteiger partial charge in [-0.05, 0) is 37.1 Å². The van der Waals surface area contributed by atoms with Crippen LogP contribution in [0.15, 0.2) is 54.6 Å². The lowest BCUT2D eigenvalue weighted by atomic mass is 10.1. The number of amides is 3. The molecule has 2 rings (SSSR count). The molecule has 0 saturated heterocycles. The lowest BCUT2D eigenvalue weighted by molar-refractivity contribution is 0.0233. The molecule has 0 aliphatic carbocycles. The highest BCUT2D eigenvalue weighted by Crippen LogP contribution is 2.05. The number of rotatable bonds is 7. The first kappa shape index (κ1) is 18.5. The van der Waals surface area contributed by atoms with E-state index < -0.39 is 0 Å². The molecule has 6 nitrogen and oxygen atoms in total. The molecule has 132 valence electrons. The van der Waals surface area contributed by atoms with Crippen molar-refractivity contribution in [1.29, 1.82) is 0 Å². The van der Waals surface area contributed by atoms with Gasteiger partial charge in [0, 0.05) is 18.2 Å². The van der Waals surface area contributed by atoms with Crippen molar-refractivity contribution in [1.82, 2.24) is 16.1 Å². The number of hydrogen-bond donors (Lipinski definition) is 3. The second kappa shape index (κ2) is 9.44. The summed E-state index contributed by atoms with van der Waals surface area (Å²) in [7, 11) is 0. The van der Waals surface area contributed by atoms with E-state index in [4.69, 9.17) is 4.84 Å². The Hall–Kier alpha value is -2.86. The standard InChI is InChI=1S/C19H23N3O3/c1-14(2)21-19(24)20-12-15-8-10-17(11-9-15)18(23)22-25-13-16-6-4-3-5-7-16/h3-11,14H,12-13H2,1-2H3,(H,22,23)(H2,20,21,24). The van der Waals surface area contributed by atoms with Crippen molar-refractivity contribution in [2.24, 2.45) is 0 Å². The number of carbonyl (C=O) groups excluding carboxylic acids is 2. The zero-order chi connectivity index (χ0) is 18.1. The molecule has 0 aliphatic heterocycles. The molecule has 6 heteroatoms. The van der Waals surface area contributed by atoms with E-state index in [0.29, 0.717) is 18.7 Å². The van der Waals surface area contributed by atoms with E-state index in [1.165, 1.54) is 0 Å². The van der Waals surface area contributed by atoms with Crippen molar-refractivity contribution in [2.75, 3.05) is 0 Å². The second-order valence-electron chi connectivity index (χ2n) is 5.88. The second-order valence-corrected chi connectivity index (χ2v) is 5.88. The van der Waals surface area contributed by atoms with Gasteiger partial charge in [0.05, 0.1) is 6.61 Å².